The fourth-order valence-corrected chi connectivity index (χ4v) is 4.08. The molecule has 1 rings (SSSR count). The second-order valence-electron chi connectivity index (χ2n) is 7.04. The zero-order valence-electron chi connectivity index (χ0n) is 16.5. The van der Waals surface area contributed by atoms with E-state index in [1.807, 2.05) is 0 Å². The van der Waals surface area contributed by atoms with Crippen LogP contribution in [0.3, 0.4) is 0 Å². The van der Waals surface area contributed by atoms with Crippen LogP contribution in [0.5, 0.6) is 0 Å². The van der Waals surface area contributed by atoms with Crippen molar-refractivity contribution in [3.05, 3.63) is 34.4 Å². The van der Waals surface area contributed by atoms with E-state index in [-0.39, 0.29) is 10.6 Å². The molecule has 0 radical (unpaired) electrons. The van der Waals surface area contributed by atoms with Crippen molar-refractivity contribution in [2.75, 3.05) is 6.54 Å². The summed E-state index contributed by atoms with van der Waals surface area (Å²) in [7, 11) is -3.59. The van der Waals surface area contributed by atoms with Crippen molar-refractivity contribution in [2.45, 2.75) is 88.9 Å². The van der Waals surface area contributed by atoms with E-state index in [1.165, 1.54) is 82.1 Å². The van der Waals surface area contributed by atoms with E-state index in [9.17, 15) is 18.5 Å². The first-order valence-corrected chi connectivity index (χ1v) is 11.7. The Morgan fingerprint density at radius 3 is 1.70 bits per heavy atom. The summed E-state index contributed by atoms with van der Waals surface area (Å²) >= 11 is 0. The number of hydrogen-bond donors (Lipinski definition) is 1. The number of nitro benzene ring substituents is 1. The van der Waals surface area contributed by atoms with Gasteiger partial charge >= 0.3 is 0 Å². The van der Waals surface area contributed by atoms with Gasteiger partial charge in [-0.25, -0.2) is 13.1 Å². The number of unbranched alkanes of at least 4 members (excludes halogenated alkanes) is 11. The van der Waals surface area contributed by atoms with Crippen LogP contribution in [0.4, 0.5) is 5.69 Å². The molecule has 0 saturated heterocycles. The van der Waals surface area contributed by atoms with Gasteiger partial charge in [-0.3, -0.25) is 10.1 Å². The second kappa shape index (κ2) is 13.7. The molecule has 0 bridgehead atoms. The first-order valence-electron chi connectivity index (χ1n) is 10.2. The van der Waals surface area contributed by atoms with Crippen LogP contribution in [0.2, 0.25) is 0 Å². The summed E-state index contributed by atoms with van der Waals surface area (Å²) in [5.74, 6) is 0. The number of benzene rings is 1. The molecule has 7 heteroatoms. The highest BCUT2D eigenvalue weighted by atomic mass is 32.2. The van der Waals surface area contributed by atoms with Crippen molar-refractivity contribution >= 4 is 15.7 Å². The van der Waals surface area contributed by atoms with Gasteiger partial charge in [0.15, 0.2) is 0 Å². The lowest BCUT2D eigenvalue weighted by atomic mass is 10.1. The Kier molecular flexibility index (Phi) is 11.9. The van der Waals surface area contributed by atoms with Crippen LogP contribution < -0.4 is 4.72 Å². The van der Waals surface area contributed by atoms with Gasteiger partial charge in [0.1, 0.15) is 0 Å². The summed E-state index contributed by atoms with van der Waals surface area (Å²) in [5.41, 5.74) is -0.116. The zero-order valence-corrected chi connectivity index (χ0v) is 17.3. The average Bonchev–Trinajstić information content (AvgIpc) is 2.65. The predicted octanol–water partition coefficient (Wildman–Crippen LogP) is 5.57. The maximum Gasteiger partial charge on any atom is 0.269 e. The predicted molar refractivity (Wildman–Crippen MR) is 109 cm³/mol. The highest BCUT2D eigenvalue weighted by molar-refractivity contribution is 7.89. The van der Waals surface area contributed by atoms with E-state index in [2.05, 4.69) is 11.6 Å². The van der Waals surface area contributed by atoms with Gasteiger partial charge in [0.2, 0.25) is 10.0 Å². The topological polar surface area (TPSA) is 89.3 Å². The number of nitrogens with zero attached hydrogens (tertiary/aromatic N) is 1. The zero-order chi connectivity index (χ0) is 20.0. The number of hydrogen-bond acceptors (Lipinski definition) is 4. The maximum absolute atomic E-state index is 12.1. The molecule has 1 aromatic carbocycles. The summed E-state index contributed by atoms with van der Waals surface area (Å²) in [6, 6.07) is 4.95. The molecule has 0 aromatic heterocycles. The van der Waals surface area contributed by atoms with Gasteiger partial charge in [-0.05, 0) is 18.6 Å². The fourth-order valence-electron chi connectivity index (χ4n) is 3.00. The third-order valence-electron chi connectivity index (χ3n) is 4.68. The van der Waals surface area contributed by atoms with Gasteiger partial charge in [-0.1, -0.05) is 77.6 Å². The molecular weight excluding hydrogens is 364 g/mol. The molecule has 0 unspecified atom stereocenters. The number of non-ortho nitro benzene ring substituents is 1. The fraction of sp³-hybridized carbons (Fsp3) is 0.700. The first kappa shape index (κ1) is 23.6. The van der Waals surface area contributed by atoms with Crippen molar-refractivity contribution in [1.82, 2.24) is 4.72 Å². The Bertz CT molecular complexity index is 630. The lowest BCUT2D eigenvalue weighted by molar-refractivity contribution is -0.384. The average molecular weight is 399 g/mol. The SMILES string of the molecule is CCCCCCCCCCCCCCNS(=O)(=O)c1ccc([N+](=O)[O-])cc1. The van der Waals surface area contributed by atoms with Gasteiger partial charge < -0.3 is 0 Å². The van der Waals surface area contributed by atoms with Crippen molar-refractivity contribution in [3.8, 4) is 0 Å². The molecule has 0 aliphatic rings. The molecule has 6 nitrogen and oxygen atoms in total. The molecule has 154 valence electrons. The summed E-state index contributed by atoms with van der Waals surface area (Å²) < 4.78 is 26.8. The molecule has 27 heavy (non-hydrogen) atoms. The van der Waals surface area contributed by atoms with Crippen molar-refractivity contribution in [3.63, 3.8) is 0 Å². The molecule has 0 fully saturated rings. The largest absolute Gasteiger partial charge is 0.269 e. The minimum Gasteiger partial charge on any atom is -0.258 e. The summed E-state index contributed by atoms with van der Waals surface area (Å²) in [6.45, 7) is 2.64. The van der Waals surface area contributed by atoms with Gasteiger partial charge in [0, 0.05) is 18.7 Å². The van der Waals surface area contributed by atoms with Crippen molar-refractivity contribution in [1.29, 1.82) is 0 Å². The molecular formula is C20H34N2O4S. The van der Waals surface area contributed by atoms with E-state index in [0.717, 1.165) is 19.3 Å². The van der Waals surface area contributed by atoms with Crippen molar-refractivity contribution in [2.24, 2.45) is 0 Å². The molecule has 0 amide bonds. The molecule has 0 heterocycles. The molecule has 0 aliphatic carbocycles. The number of nitrogens with one attached hydrogen (secondary N) is 1. The van der Waals surface area contributed by atoms with Gasteiger partial charge in [0.25, 0.3) is 5.69 Å². The lowest BCUT2D eigenvalue weighted by Gasteiger charge is -2.07. The van der Waals surface area contributed by atoms with Gasteiger partial charge in [0.05, 0.1) is 9.82 Å². The third-order valence-corrected chi connectivity index (χ3v) is 6.16. The van der Waals surface area contributed by atoms with E-state index in [1.54, 1.807) is 0 Å². The number of sulfonamides is 1. The molecule has 0 atom stereocenters. The van der Waals surface area contributed by atoms with Crippen LogP contribution >= 0.6 is 0 Å². The molecule has 1 N–H and O–H groups in total. The minimum atomic E-state index is -3.59. The monoisotopic (exact) mass is 398 g/mol. The van der Waals surface area contributed by atoms with E-state index in [4.69, 9.17) is 0 Å². The van der Waals surface area contributed by atoms with E-state index < -0.39 is 14.9 Å². The lowest BCUT2D eigenvalue weighted by Crippen LogP contribution is -2.24. The number of nitro groups is 1. The first-order chi connectivity index (χ1) is 13.0. The van der Waals surface area contributed by atoms with Crippen LogP contribution in [0.15, 0.2) is 29.2 Å². The Morgan fingerprint density at radius 2 is 1.26 bits per heavy atom. The number of rotatable bonds is 16. The van der Waals surface area contributed by atoms with E-state index in [0.29, 0.717) is 6.54 Å². The van der Waals surface area contributed by atoms with E-state index >= 15 is 0 Å². The Labute approximate surface area is 164 Å². The Balaban J connectivity index is 2.06. The highest BCUT2D eigenvalue weighted by Gasteiger charge is 2.14. The summed E-state index contributed by atoms with van der Waals surface area (Å²) in [4.78, 5) is 10.1. The van der Waals surface area contributed by atoms with Crippen LogP contribution in [-0.2, 0) is 10.0 Å². The normalized spacial score (nSPS) is 11.6. The van der Waals surface area contributed by atoms with Crippen LogP contribution in [-0.4, -0.2) is 19.9 Å². The summed E-state index contributed by atoms with van der Waals surface area (Å²) in [6.07, 6.45) is 14.8. The Morgan fingerprint density at radius 1 is 0.815 bits per heavy atom. The van der Waals surface area contributed by atoms with Crippen LogP contribution in [0, 0.1) is 10.1 Å². The smallest absolute Gasteiger partial charge is 0.258 e. The molecule has 0 aliphatic heterocycles. The van der Waals surface area contributed by atoms with Crippen molar-refractivity contribution < 1.29 is 13.3 Å². The second-order valence-corrected chi connectivity index (χ2v) is 8.80. The molecule has 0 saturated carbocycles. The third kappa shape index (κ3) is 10.4. The standard InChI is InChI=1S/C20H34N2O4S/c1-2-3-4-5-6-7-8-9-10-11-12-13-18-21-27(25,26)20-16-14-19(15-17-20)22(23)24/h14-17,21H,2-13,18H2,1H3. The van der Waals surface area contributed by atoms with Crippen LogP contribution in [0.25, 0.3) is 0 Å². The highest BCUT2D eigenvalue weighted by Crippen LogP contribution is 2.16. The van der Waals surface area contributed by atoms with Gasteiger partial charge in [-0.15, -0.1) is 0 Å². The Hall–Kier alpha value is -1.47. The maximum atomic E-state index is 12.1. The van der Waals surface area contributed by atoms with Crippen LogP contribution in [0.1, 0.15) is 84.0 Å². The quantitative estimate of drug-likeness (QED) is 0.224. The summed E-state index contributed by atoms with van der Waals surface area (Å²) in [5, 5.41) is 10.6. The molecule has 1 aromatic rings. The minimum absolute atomic E-state index is 0.0621. The van der Waals surface area contributed by atoms with Gasteiger partial charge in [-0.2, -0.15) is 0 Å². The molecule has 0 spiro atoms.